The first-order valence-electron chi connectivity index (χ1n) is 8.21. The summed E-state index contributed by atoms with van der Waals surface area (Å²) in [6, 6.07) is 14.2. The summed E-state index contributed by atoms with van der Waals surface area (Å²) in [4.78, 5) is 18.8. The highest BCUT2D eigenvalue weighted by atomic mass is 35.5. The zero-order valence-corrected chi connectivity index (χ0v) is 14.8. The van der Waals surface area contributed by atoms with Gasteiger partial charge in [-0.1, -0.05) is 17.7 Å². The van der Waals surface area contributed by atoms with Crippen molar-refractivity contribution >= 4 is 28.6 Å². The molecule has 1 amide bonds. The molecule has 0 aliphatic carbocycles. The fourth-order valence-electron chi connectivity index (χ4n) is 2.77. The molecule has 0 bridgehead atoms. The maximum absolute atomic E-state index is 13.5. The Morgan fingerprint density at radius 2 is 2.00 bits per heavy atom. The highest BCUT2D eigenvalue weighted by Crippen LogP contribution is 2.22. The fraction of sp³-hybridized carbons (Fsp3) is 0.100. The third-order valence-electron chi connectivity index (χ3n) is 4.01. The molecule has 0 spiro atoms. The highest BCUT2D eigenvalue weighted by Gasteiger charge is 2.21. The molecule has 0 saturated heterocycles. The van der Waals surface area contributed by atoms with Crippen molar-refractivity contribution in [1.29, 1.82) is 0 Å². The molecular formula is C20H14ClFN2O3. The summed E-state index contributed by atoms with van der Waals surface area (Å²) in [6.45, 7) is 0.296. The molecule has 5 nitrogen and oxygen atoms in total. The largest absolute Gasteiger partial charge is 0.467 e. The van der Waals surface area contributed by atoms with Gasteiger partial charge in [-0.3, -0.25) is 4.79 Å². The molecule has 0 saturated carbocycles. The molecule has 0 unspecified atom stereocenters. The van der Waals surface area contributed by atoms with Crippen LogP contribution in [-0.4, -0.2) is 15.8 Å². The Bertz CT molecular complexity index is 1090. The van der Waals surface area contributed by atoms with Crippen molar-refractivity contribution in [2.24, 2.45) is 0 Å². The minimum atomic E-state index is -0.477. The van der Waals surface area contributed by atoms with Crippen LogP contribution in [0.25, 0.3) is 11.1 Å². The van der Waals surface area contributed by atoms with E-state index in [0.717, 1.165) is 0 Å². The predicted molar refractivity (Wildman–Crippen MR) is 97.7 cm³/mol. The molecular weight excluding hydrogens is 371 g/mol. The van der Waals surface area contributed by atoms with E-state index < -0.39 is 5.82 Å². The summed E-state index contributed by atoms with van der Waals surface area (Å²) >= 11 is 5.98. The summed E-state index contributed by atoms with van der Waals surface area (Å²) in [6.07, 6.45) is 1.53. The van der Waals surface area contributed by atoms with E-state index in [0.29, 0.717) is 27.8 Å². The number of halogens is 2. The quantitative estimate of drug-likeness (QED) is 0.482. The molecule has 7 heteroatoms. The Kier molecular flexibility index (Phi) is 4.64. The summed E-state index contributed by atoms with van der Waals surface area (Å²) in [5.74, 6) is 0.115. The smallest absolute Gasteiger partial charge is 0.254 e. The Labute approximate surface area is 159 Å². The molecule has 2 aromatic carbocycles. The maximum atomic E-state index is 13.5. The summed E-state index contributed by atoms with van der Waals surface area (Å²) in [5, 5.41) is 0.547. The van der Waals surface area contributed by atoms with E-state index >= 15 is 0 Å². The number of amides is 1. The van der Waals surface area contributed by atoms with Gasteiger partial charge in [0.1, 0.15) is 17.1 Å². The molecule has 0 aliphatic heterocycles. The zero-order chi connectivity index (χ0) is 18.8. The van der Waals surface area contributed by atoms with Crippen LogP contribution in [0.1, 0.15) is 22.0 Å². The number of carbonyl (C=O) groups excluding carboxylic acids is 1. The van der Waals surface area contributed by atoms with Gasteiger partial charge in [-0.15, -0.1) is 0 Å². The minimum absolute atomic E-state index is 0.0995. The van der Waals surface area contributed by atoms with Crippen LogP contribution >= 0.6 is 11.6 Å². The van der Waals surface area contributed by atoms with Crippen molar-refractivity contribution < 1.29 is 18.0 Å². The van der Waals surface area contributed by atoms with Crippen molar-refractivity contribution in [3.63, 3.8) is 0 Å². The lowest BCUT2D eigenvalue weighted by atomic mass is 10.2. The van der Waals surface area contributed by atoms with Gasteiger partial charge in [0, 0.05) is 10.6 Å². The lowest BCUT2D eigenvalue weighted by Gasteiger charge is -2.20. The van der Waals surface area contributed by atoms with Gasteiger partial charge in [-0.25, -0.2) is 9.37 Å². The van der Waals surface area contributed by atoms with Crippen LogP contribution in [0, 0.1) is 5.82 Å². The van der Waals surface area contributed by atoms with Crippen LogP contribution in [0.3, 0.4) is 0 Å². The van der Waals surface area contributed by atoms with Crippen molar-refractivity contribution in [1.82, 2.24) is 9.88 Å². The van der Waals surface area contributed by atoms with Gasteiger partial charge >= 0.3 is 0 Å². The monoisotopic (exact) mass is 384 g/mol. The Morgan fingerprint density at radius 1 is 1.11 bits per heavy atom. The van der Waals surface area contributed by atoms with Crippen LogP contribution < -0.4 is 0 Å². The number of benzene rings is 2. The van der Waals surface area contributed by atoms with Crippen LogP contribution in [0.4, 0.5) is 4.39 Å². The molecule has 0 aliphatic rings. The molecule has 4 rings (SSSR count). The van der Waals surface area contributed by atoms with Gasteiger partial charge in [0.15, 0.2) is 5.58 Å². The molecule has 2 aromatic heterocycles. The van der Waals surface area contributed by atoms with Crippen LogP contribution in [0.5, 0.6) is 0 Å². The molecule has 0 radical (unpaired) electrons. The first-order valence-corrected chi connectivity index (χ1v) is 8.58. The summed E-state index contributed by atoms with van der Waals surface area (Å²) in [5.41, 5.74) is 1.42. The van der Waals surface area contributed by atoms with E-state index in [1.165, 1.54) is 29.4 Å². The van der Waals surface area contributed by atoms with Gasteiger partial charge in [0.25, 0.3) is 5.91 Å². The van der Waals surface area contributed by atoms with E-state index in [9.17, 15) is 9.18 Å². The van der Waals surface area contributed by atoms with Gasteiger partial charge in [-0.2, -0.15) is 0 Å². The van der Waals surface area contributed by atoms with Crippen LogP contribution in [0.2, 0.25) is 5.02 Å². The normalized spacial score (nSPS) is 11.0. The number of fused-ring (bicyclic) bond motifs is 1. The lowest BCUT2D eigenvalue weighted by Crippen LogP contribution is -2.30. The Hall–Kier alpha value is -3.12. The topological polar surface area (TPSA) is 59.5 Å². The molecule has 0 atom stereocenters. The van der Waals surface area contributed by atoms with Crippen molar-refractivity contribution in [2.75, 3.05) is 0 Å². The number of hydrogen-bond acceptors (Lipinski definition) is 4. The number of oxazole rings is 1. The van der Waals surface area contributed by atoms with Crippen molar-refractivity contribution in [3.8, 4) is 0 Å². The predicted octanol–water partition coefficient (Wildman–Crippen LogP) is 5.06. The molecule has 27 heavy (non-hydrogen) atoms. The average Bonchev–Trinajstić information content (AvgIpc) is 3.29. The van der Waals surface area contributed by atoms with E-state index in [1.807, 2.05) is 0 Å². The van der Waals surface area contributed by atoms with Gasteiger partial charge < -0.3 is 13.7 Å². The summed E-state index contributed by atoms with van der Waals surface area (Å²) in [7, 11) is 0. The molecule has 2 heterocycles. The number of nitrogens with zero attached hydrogens (tertiary/aromatic N) is 2. The molecule has 0 N–H and O–H groups in total. The van der Waals surface area contributed by atoms with Crippen molar-refractivity contribution in [3.05, 3.63) is 88.9 Å². The fourth-order valence-corrected chi connectivity index (χ4v) is 2.94. The number of hydrogen-bond donors (Lipinski definition) is 0. The second-order valence-electron chi connectivity index (χ2n) is 5.97. The molecule has 4 aromatic rings. The zero-order valence-electron chi connectivity index (χ0n) is 14.1. The molecule has 136 valence electrons. The third kappa shape index (κ3) is 3.85. The maximum Gasteiger partial charge on any atom is 0.254 e. The Balaban J connectivity index is 1.65. The van der Waals surface area contributed by atoms with E-state index in [1.54, 1.807) is 36.4 Å². The standard InChI is InChI=1S/C20H14ClFN2O3/c21-14-6-7-18-17(10-14)23-19(27-18)12-24(11-16-5-2-8-26-16)20(25)13-3-1-4-15(22)9-13/h1-10H,11-12H2. The summed E-state index contributed by atoms with van der Waals surface area (Å²) < 4.78 is 24.6. The van der Waals surface area contributed by atoms with Gasteiger partial charge in [0.05, 0.1) is 19.4 Å². The third-order valence-corrected chi connectivity index (χ3v) is 4.24. The first kappa shape index (κ1) is 17.3. The van der Waals surface area contributed by atoms with E-state index in [4.69, 9.17) is 20.4 Å². The van der Waals surface area contributed by atoms with Crippen LogP contribution in [0.15, 0.2) is 69.7 Å². The van der Waals surface area contributed by atoms with Crippen molar-refractivity contribution in [2.45, 2.75) is 13.1 Å². The van der Waals surface area contributed by atoms with Gasteiger partial charge in [0.2, 0.25) is 5.89 Å². The second-order valence-corrected chi connectivity index (χ2v) is 6.41. The van der Waals surface area contributed by atoms with Crippen LogP contribution in [-0.2, 0) is 13.1 Å². The second kappa shape index (κ2) is 7.25. The molecule has 0 fully saturated rings. The number of aromatic nitrogens is 1. The minimum Gasteiger partial charge on any atom is -0.467 e. The highest BCUT2D eigenvalue weighted by molar-refractivity contribution is 6.31. The number of rotatable bonds is 5. The number of furan rings is 1. The SMILES string of the molecule is O=C(c1cccc(F)c1)N(Cc1ccco1)Cc1nc2cc(Cl)ccc2o1. The van der Waals surface area contributed by atoms with Gasteiger partial charge in [-0.05, 0) is 48.5 Å². The number of carbonyl (C=O) groups is 1. The Morgan fingerprint density at radius 3 is 2.78 bits per heavy atom. The first-order chi connectivity index (χ1) is 13.1. The van der Waals surface area contributed by atoms with E-state index in [-0.39, 0.29) is 24.6 Å². The van der Waals surface area contributed by atoms with E-state index in [2.05, 4.69) is 4.98 Å². The lowest BCUT2D eigenvalue weighted by molar-refractivity contribution is 0.0702. The average molecular weight is 385 g/mol.